The van der Waals surface area contributed by atoms with Crippen molar-refractivity contribution in [3.8, 4) is 0 Å². The quantitative estimate of drug-likeness (QED) is 0.609. The second-order valence-electron chi connectivity index (χ2n) is 6.90. The van der Waals surface area contributed by atoms with Gasteiger partial charge in [0.05, 0.1) is 5.75 Å². The van der Waals surface area contributed by atoms with Crippen LogP contribution in [0.15, 0.2) is 59.0 Å². The van der Waals surface area contributed by atoms with Crippen LogP contribution in [0.25, 0.3) is 11.0 Å². The van der Waals surface area contributed by atoms with Crippen LogP contribution >= 0.6 is 0 Å². The zero-order valence-corrected chi connectivity index (χ0v) is 16.8. The van der Waals surface area contributed by atoms with Crippen molar-refractivity contribution >= 4 is 32.6 Å². The average Bonchev–Trinajstić information content (AvgIpc) is 3.02. The predicted molar refractivity (Wildman–Crippen MR) is 110 cm³/mol. The number of rotatable bonds is 8. The van der Waals surface area contributed by atoms with Crippen LogP contribution in [0, 0.1) is 0 Å². The molecule has 8 heteroatoms. The Morgan fingerprint density at radius 2 is 1.69 bits per heavy atom. The van der Waals surface area contributed by atoms with E-state index in [9.17, 15) is 18.0 Å². The molecule has 1 heterocycles. The van der Waals surface area contributed by atoms with Crippen molar-refractivity contribution in [2.45, 2.75) is 18.7 Å². The summed E-state index contributed by atoms with van der Waals surface area (Å²) in [6.45, 7) is 0.334. The number of nitrogens with zero attached hydrogens (tertiary/aromatic N) is 1. The van der Waals surface area contributed by atoms with Gasteiger partial charge >= 0.3 is 0 Å². The molecule has 2 N–H and O–H groups in total. The molecule has 0 aliphatic heterocycles. The van der Waals surface area contributed by atoms with Crippen LogP contribution in [-0.2, 0) is 26.9 Å². The third-order valence-corrected chi connectivity index (χ3v) is 5.24. The molecule has 0 spiro atoms. The molecule has 0 radical (unpaired) electrons. The molecule has 3 aromatic rings. The van der Waals surface area contributed by atoms with Gasteiger partial charge in [0.25, 0.3) is 5.91 Å². The maximum absolute atomic E-state index is 13.3. The number of benzene rings is 2. The van der Waals surface area contributed by atoms with E-state index in [1.54, 1.807) is 24.3 Å². The van der Waals surface area contributed by atoms with Crippen molar-refractivity contribution in [1.82, 2.24) is 4.90 Å². The molecule has 1 aromatic heterocycles. The van der Waals surface area contributed by atoms with E-state index >= 15 is 0 Å². The molecule has 0 saturated heterocycles. The van der Waals surface area contributed by atoms with Gasteiger partial charge in [-0.25, -0.2) is 8.42 Å². The first-order valence-corrected chi connectivity index (χ1v) is 11.1. The minimum Gasteiger partial charge on any atom is -0.451 e. The van der Waals surface area contributed by atoms with Crippen molar-refractivity contribution in [2.75, 3.05) is 12.8 Å². The summed E-state index contributed by atoms with van der Waals surface area (Å²) < 4.78 is 29.7. The van der Waals surface area contributed by atoms with E-state index in [-0.39, 0.29) is 31.0 Å². The van der Waals surface area contributed by atoms with Gasteiger partial charge in [-0.3, -0.25) is 9.59 Å². The van der Waals surface area contributed by atoms with E-state index in [4.69, 9.17) is 10.2 Å². The molecule has 3 rings (SSSR count). The number of para-hydroxylation sites is 1. The number of carbonyl (C=O) groups is 2. The topological polar surface area (TPSA) is 111 Å². The van der Waals surface area contributed by atoms with Crippen LogP contribution in [0.3, 0.4) is 0 Å². The summed E-state index contributed by atoms with van der Waals surface area (Å²) in [5.41, 5.74) is 6.89. The largest absolute Gasteiger partial charge is 0.451 e. The highest BCUT2D eigenvalue weighted by atomic mass is 32.2. The Hall–Kier alpha value is -3.13. The van der Waals surface area contributed by atoms with Gasteiger partial charge < -0.3 is 15.1 Å². The Morgan fingerprint density at radius 3 is 2.34 bits per heavy atom. The van der Waals surface area contributed by atoms with Crippen molar-refractivity contribution in [1.29, 1.82) is 0 Å². The van der Waals surface area contributed by atoms with E-state index < -0.39 is 21.7 Å². The second kappa shape index (κ2) is 8.48. The van der Waals surface area contributed by atoms with Crippen molar-refractivity contribution in [2.24, 2.45) is 5.73 Å². The number of furan rings is 1. The SMILES string of the molecule is CS(=O)(=O)Cc1c(C(=O)N(CCC(N)=O)Cc2ccccc2)oc2ccccc12. The van der Waals surface area contributed by atoms with Gasteiger partial charge in [-0.15, -0.1) is 0 Å². The second-order valence-corrected chi connectivity index (χ2v) is 9.04. The highest BCUT2D eigenvalue weighted by Gasteiger charge is 2.27. The molecule has 2 aromatic carbocycles. The lowest BCUT2D eigenvalue weighted by molar-refractivity contribution is -0.118. The van der Waals surface area contributed by atoms with Crippen LogP contribution in [0.2, 0.25) is 0 Å². The zero-order chi connectivity index (χ0) is 21.0. The number of sulfone groups is 1. The van der Waals surface area contributed by atoms with Crippen LogP contribution in [0.5, 0.6) is 0 Å². The molecule has 0 atom stereocenters. The van der Waals surface area contributed by atoms with Gasteiger partial charge in [0.2, 0.25) is 5.91 Å². The van der Waals surface area contributed by atoms with E-state index in [0.29, 0.717) is 16.5 Å². The van der Waals surface area contributed by atoms with Gasteiger partial charge in [-0.1, -0.05) is 48.5 Å². The lowest BCUT2D eigenvalue weighted by Gasteiger charge is -2.22. The average molecular weight is 414 g/mol. The number of hydrogen-bond donors (Lipinski definition) is 1. The Kier molecular flexibility index (Phi) is 6.03. The van der Waals surface area contributed by atoms with Gasteiger partial charge in [0, 0.05) is 36.7 Å². The van der Waals surface area contributed by atoms with E-state index in [2.05, 4.69) is 0 Å². The molecule has 0 bridgehead atoms. The summed E-state index contributed by atoms with van der Waals surface area (Å²) in [6, 6.07) is 16.2. The fourth-order valence-corrected chi connectivity index (χ4v) is 3.93. The fourth-order valence-electron chi connectivity index (χ4n) is 3.12. The number of carbonyl (C=O) groups excluding carboxylic acids is 2. The molecule has 2 amide bonds. The molecule has 0 aliphatic rings. The predicted octanol–water partition coefficient (Wildman–Crippen LogP) is 2.50. The summed E-state index contributed by atoms with van der Waals surface area (Å²) in [6.07, 6.45) is 1.10. The molecule has 0 unspecified atom stereocenters. The molecular weight excluding hydrogens is 392 g/mol. The number of fused-ring (bicyclic) bond motifs is 1. The summed E-state index contributed by atoms with van der Waals surface area (Å²) in [4.78, 5) is 26.1. The summed E-state index contributed by atoms with van der Waals surface area (Å²) >= 11 is 0. The van der Waals surface area contributed by atoms with Crippen LogP contribution < -0.4 is 5.73 Å². The lowest BCUT2D eigenvalue weighted by atomic mass is 10.1. The van der Waals surface area contributed by atoms with E-state index in [0.717, 1.165) is 11.8 Å². The summed E-state index contributed by atoms with van der Waals surface area (Å²) in [5.74, 6) is -1.36. The Balaban J connectivity index is 2.02. The minimum atomic E-state index is -3.41. The van der Waals surface area contributed by atoms with Gasteiger partial charge in [-0.2, -0.15) is 0 Å². The van der Waals surface area contributed by atoms with Crippen molar-refractivity contribution < 1.29 is 22.4 Å². The maximum atomic E-state index is 13.3. The Morgan fingerprint density at radius 1 is 1.03 bits per heavy atom. The monoisotopic (exact) mass is 414 g/mol. The lowest BCUT2D eigenvalue weighted by Crippen LogP contribution is -2.34. The van der Waals surface area contributed by atoms with Crippen LogP contribution in [0.4, 0.5) is 0 Å². The van der Waals surface area contributed by atoms with Crippen molar-refractivity contribution in [3.63, 3.8) is 0 Å². The molecule has 7 nitrogen and oxygen atoms in total. The number of primary amides is 1. The van der Waals surface area contributed by atoms with Crippen LogP contribution in [-0.4, -0.2) is 37.9 Å². The zero-order valence-electron chi connectivity index (χ0n) is 16.0. The Bertz CT molecular complexity index is 1140. The number of nitrogens with two attached hydrogens (primary N) is 1. The molecule has 0 aliphatic carbocycles. The standard InChI is InChI=1S/C21H22N2O5S/c1-29(26,27)14-17-16-9-5-6-10-18(16)28-20(17)21(25)23(12-11-19(22)24)13-15-7-3-2-4-8-15/h2-10H,11-14H2,1H3,(H2,22,24). The van der Waals surface area contributed by atoms with Crippen molar-refractivity contribution in [3.05, 3.63) is 71.5 Å². The number of amides is 2. The maximum Gasteiger partial charge on any atom is 0.290 e. The highest BCUT2D eigenvalue weighted by molar-refractivity contribution is 7.89. The van der Waals surface area contributed by atoms with E-state index in [1.807, 2.05) is 30.3 Å². The molecule has 0 saturated carbocycles. The summed E-state index contributed by atoms with van der Waals surface area (Å²) in [5, 5.41) is 0.579. The van der Waals surface area contributed by atoms with Gasteiger partial charge in [0.15, 0.2) is 15.6 Å². The molecule has 29 heavy (non-hydrogen) atoms. The Labute approximate surface area is 169 Å². The first kappa shape index (κ1) is 20.6. The van der Waals surface area contributed by atoms with Gasteiger partial charge in [0.1, 0.15) is 5.58 Å². The summed E-state index contributed by atoms with van der Waals surface area (Å²) in [7, 11) is -3.41. The number of hydrogen-bond acceptors (Lipinski definition) is 5. The minimum absolute atomic E-state index is 0.0137. The van der Waals surface area contributed by atoms with Crippen LogP contribution in [0.1, 0.15) is 28.1 Å². The first-order chi connectivity index (χ1) is 13.7. The molecule has 152 valence electrons. The third kappa shape index (κ3) is 5.23. The normalized spacial score (nSPS) is 11.5. The van der Waals surface area contributed by atoms with Gasteiger partial charge in [-0.05, 0) is 11.6 Å². The molecule has 0 fully saturated rings. The van der Waals surface area contributed by atoms with E-state index in [1.165, 1.54) is 4.90 Å². The smallest absolute Gasteiger partial charge is 0.290 e. The fraction of sp³-hybridized carbons (Fsp3) is 0.238. The first-order valence-electron chi connectivity index (χ1n) is 9.04. The third-order valence-electron chi connectivity index (χ3n) is 4.43. The highest BCUT2D eigenvalue weighted by Crippen LogP contribution is 2.29. The molecular formula is C21H22N2O5S.